The molecule has 0 N–H and O–H groups in total. The zero-order valence-electron chi connectivity index (χ0n) is 8.23. The van der Waals surface area contributed by atoms with Crippen molar-refractivity contribution in [2.75, 3.05) is 6.61 Å². The highest BCUT2D eigenvalue weighted by atomic mass is 16.5. The van der Waals surface area contributed by atoms with Crippen molar-refractivity contribution in [3.8, 4) is 0 Å². The molecule has 1 heterocycles. The van der Waals surface area contributed by atoms with E-state index in [-0.39, 0.29) is 5.97 Å². The number of nitrogens with zero attached hydrogens (tertiary/aromatic N) is 2. The largest absolute Gasteiger partial charge is 0.463 e. The number of allylic oxidation sites excluding steroid dienone is 1. The maximum absolute atomic E-state index is 11.1. The Morgan fingerprint density at radius 1 is 1.50 bits per heavy atom. The van der Waals surface area contributed by atoms with E-state index >= 15 is 0 Å². The molecule has 0 aliphatic carbocycles. The molecule has 0 amide bonds. The fourth-order valence-electron chi connectivity index (χ4n) is 0.928. The lowest BCUT2D eigenvalue weighted by Gasteiger charge is -1.99. The second-order valence-electron chi connectivity index (χ2n) is 2.65. The summed E-state index contributed by atoms with van der Waals surface area (Å²) in [6, 6.07) is 1.72. The minimum absolute atomic E-state index is 0.363. The second-order valence-corrected chi connectivity index (χ2v) is 2.65. The molecule has 0 saturated heterocycles. The monoisotopic (exact) mass is 192 g/mol. The van der Waals surface area contributed by atoms with E-state index in [1.807, 2.05) is 0 Å². The number of rotatable bonds is 3. The number of carbonyl (C=O) groups excluding carboxylic acids is 1. The molecule has 4 heteroatoms. The summed E-state index contributed by atoms with van der Waals surface area (Å²) in [5, 5.41) is 0. The van der Waals surface area contributed by atoms with Gasteiger partial charge in [-0.05, 0) is 19.9 Å². The normalized spacial score (nSPS) is 11.1. The van der Waals surface area contributed by atoms with E-state index in [0.717, 1.165) is 0 Å². The average Bonchev–Trinajstić information content (AvgIpc) is 2.19. The lowest BCUT2D eigenvalue weighted by molar-refractivity contribution is -0.137. The van der Waals surface area contributed by atoms with E-state index < -0.39 is 0 Å². The molecule has 0 saturated carbocycles. The predicted octanol–water partition coefficient (Wildman–Crippen LogP) is 1.44. The lowest BCUT2D eigenvalue weighted by Crippen LogP contribution is -2.01. The van der Waals surface area contributed by atoms with Crippen LogP contribution in [0.3, 0.4) is 0 Å². The fourth-order valence-corrected chi connectivity index (χ4v) is 0.928. The molecule has 1 aromatic heterocycles. The van der Waals surface area contributed by atoms with Crippen molar-refractivity contribution in [3.05, 3.63) is 30.4 Å². The van der Waals surface area contributed by atoms with Crippen LogP contribution in [0, 0.1) is 0 Å². The smallest absolute Gasteiger partial charge is 0.331 e. The molecule has 0 bridgehead atoms. The average molecular weight is 192 g/mol. The highest BCUT2D eigenvalue weighted by Gasteiger charge is 2.01. The third-order valence-electron chi connectivity index (χ3n) is 1.54. The summed E-state index contributed by atoms with van der Waals surface area (Å²) in [5.41, 5.74) is 0.698. The Hall–Kier alpha value is -1.71. The van der Waals surface area contributed by atoms with Gasteiger partial charge in [0, 0.05) is 24.0 Å². The fraction of sp³-hybridized carbons (Fsp3) is 0.300. The quantitative estimate of drug-likeness (QED) is 0.537. The Labute approximate surface area is 82.6 Å². The van der Waals surface area contributed by atoms with Gasteiger partial charge in [-0.25, -0.2) is 14.8 Å². The molecular formula is C10H12N2O2. The Bertz CT molecular complexity index is 333. The molecule has 0 aromatic carbocycles. The molecule has 0 aliphatic heterocycles. The van der Waals surface area contributed by atoms with Gasteiger partial charge >= 0.3 is 5.97 Å². The van der Waals surface area contributed by atoms with Gasteiger partial charge in [-0.3, -0.25) is 0 Å². The third kappa shape index (κ3) is 2.97. The van der Waals surface area contributed by atoms with Gasteiger partial charge in [0.05, 0.1) is 6.61 Å². The Morgan fingerprint density at radius 2 is 2.14 bits per heavy atom. The molecule has 1 aromatic rings. The molecule has 0 aliphatic rings. The summed E-state index contributed by atoms with van der Waals surface area (Å²) in [5.74, 6) is 0.179. The maximum Gasteiger partial charge on any atom is 0.331 e. The Morgan fingerprint density at radius 3 is 2.71 bits per heavy atom. The minimum Gasteiger partial charge on any atom is -0.463 e. The summed E-state index contributed by atoms with van der Waals surface area (Å²) < 4.78 is 4.76. The first-order valence-electron chi connectivity index (χ1n) is 4.36. The van der Waals surface area contributed by atoms with Crippen LogP contribution in [0.1, 0.15) is 19.7 Å². The van der Waals surface area contributed by atoms with Gasteiger partial charge in [-0.2, -0.15) is 0 Å². The number of carbonyl (C=O) groups is 1. The molecular weight excluding hydrogens is 180 g/mol. The van der Waals surface area contributed by atoms with Crippen LogP contribution < -0.4 is 0 Å². The van der Waals surface area contributed by atoms with E-state index in [2.05, 4.69) is 9.97 Å². The predicted molar refractivity (Wildman–Crippen MR) is 52.3 cm³/mol. The molecule has 4 nitrogen and oxygen atoms in total. The van der Waals surface area contributed by atoms with E-state index in [1.54, 1.807) is 32.3 Å². The summed E-state index contributed by atoms with van der Waals surface area (Å²) >= 11 is 0. The molecule has 0 spiro atoms. The number of hydrogen-bond acceptors (Lipinski definition) is 4. The number of aromatic nitrogens is 2. The van der Waals surface area contributed by atoms with Crippen molar-refractivity contribution in [2.45, 2.75) is 13.8 Å². The molecule has 0 unspecified atom stereocenters. The standard InChI is InChI=1S/C10H12N2O2/c1-3-14-9(13)7-8(2)10-11-5-4-6-12-10/h4-7H,3H2,1-2H3/b8-7+. The molecule has 14 heavy (non-hydrogen) atoms. The molecule has 1 rings (SSSR count). The highest BCUT2D eigenvalue weighted by Crippen LogP contribution is 2.06. The van der Waals surface area contributed by atoms with Crippen molar-refractivity contribution in [1.29, 1.82) is 0 Å². The zero-order chi connectivity index (χ0) is 10.4. The van der Waals surface area contributed by atoms with E-state index in [4.69, 9.17) is 4.74 Å². The van der Waals surface area contributed by atoms with Crippen molar-refractivity contribution in [3.63, 3.8) is 0 Å². The van der Waals surface area contributed by atoms with Gasteiger partial charge in [0.1, 0.15) is 0 Å². The first kappa shape index (κ1) is 10.4. The van der Waals surface area contributed by atoms with Crippen LogP contribution in [0.5, 0.6) is 0 Å². The second kappa shape index (κ2) is 5.11. The van der Waals surface area contributed by atoms with Crippen LogP contribution in [0.15, 0.2) is 24.5 Å². The third-order valence-corrected chi connectivity index (χ3v) is 1.54. The first-order chi connectivity index (χ1) is 6.74. The van der Waals surface area contributed by atoms with Crippen molar-refractivity contribution >= 4 is 11.5 Å². The van der Waals surface area contributed by atoms with Gasteiger partial charge in [0.25, 0.3) is 0 Å². The zero-order valence-corrected chi connectivity index (χ0v) is 8.23. The summed E-state index contributed by atoms with van der Waals surface area (Å²) in [4.78, 5) is 19.1. The van der Waals surface area contributed by atoms with E-state index in [0.29, 0.717) is 18.0 Å². The van der Waals surface area contributed by atoms with Gasteiger partial charge in [-0.15, -0.1) is 0 Å². The summed E-state index contributed by atoms with van der Waals surface area (Å²) in [7, 11) is 0. The molecule has 0 atom stereocenters. The number of esters is 1. The number of ether oxygens (including phenoxy) is 1. The SMILES string of the molecule is CCOC(=O)/C=C(\C)c1ncccn1. The first-order valence-corrected chi connectivity index (χ1v) is 4.36. The van der Waals surface area contributed by atoms with Crippen LogP contribution >= 0.6 is 0 Å². The Balaban J connectivity index is 2.75. The topological polar surface area (TPSA) is 52.1 Å². The van der Waals surface area contributed by atoms with Gasteiger partial charge in [0.2, 0.25) is 0 Å². The van der Waals surface area contributed by atoms with Crippen LogP contribution in [-0.4, -0.2) is 22.5 Å². The van der Waals surface area contributed by atoms with Crippen molar-refractivity contribution in [1.82, 2.24) is 9.97 Å². The van der Waals surface area contributed by atoms with Crippen LogP contribution in [0.2, 0.25) is 0 Å². The minimum atomic E-state index is -0.363. The maximum atomic E-state index is 11.1. The molecule has 0 radical (unpaired) electrons. The number of hydrogen-bond donors (Lipinski definition) is 0. The summed E-state index contributed by atoms with van der Waals surface area (Å²) in [6.07, 6.45) is 4.65. The van der Waals surface area contributed by atoms with Crippen molar-refractivity contribution in [2.24, 2.45) is 0 Å². The highest BCUT2D eigenvalue weighted by molar-refractivity contribution is 5.89. The molecule has 0 fully saturated rings. The summed E-state index contributed by atoms with van der Waals surface area (Å²) in [6.45, 7) is 3.91. The van der Waals surface area contributed by atoms with Crippen LogP contribution in [0.4, 0.5) is 0 Å². The lowest BCUT2D eigenvalue weighted by atomic mass is 10.2. The van der Waals surface area contributed by atoms with E-state index in [9.17, 15) is 4.79 Å². The molecule has 74 valence electrons. The van der Waals surface area contributed by atoms with Crippen LogP contribution in [-0.2, 0) is 9.53 Å². The van der Waals surface area contributed by atoms with Crippen molar-refractivity contribution < 1.29 is 9.53 Å². The van der Waals surface area contributed by atoms with Gasteiger partial charge in [0.15, 0.2) is 5.82 Å². The van der Waals surface area contributed by atoms with Gasteiger partial charge < -0.3 is 4.74 Å². The van der Waals surface area contributed by atoms with Crippen LogP contribution in [0.25, 0.3) is 5.57 Å². The Kier molecular flexibility index (Phi) is 3.79. The van der Waals surface area contributed by atoms with Gasteiger partial charge in [-0.1, -0.05) is 0 Å². The van der Waals surface area contributed by atoms with E-state index in [1.165, 1.54) is 6.08 Å².